The molecule has 17 heavy (non-hydrogen) atoms. The van der Waals surface area contributed by atoms with Crippen LogP contribution in [0, 0.1) is 5.92 Å². The summed E-state index contributed by atoms with van der Waals surface area (Å²) in [6.45, 7) is 0. The van der Waals surface area contributed by atoms with E-state index in [1.54, 1.807) is 0 Å². The number of alkyl halides is 2. The SMILES string of the molecule is NC(CC1CCCC(F)(F)C1)C1CSCCS1. The Labute approximate surface area is 111 Å². The van der Waals surface area contributed by atoms with Crippen molar-refractivity contribution in [2.24, 2.45) is 11.7 Å². The van der Waals surface area contributed by atoms with Crippen LogP contribution in [0.5, 0.6) is 0 Å². The first-order chi connectivity index (χ1) is 8.07. The minimum Gasteiger partial charge on any atom is -0.327 e. The highest BCUT2D eigenvalue weighted by molar-refractivity contribution is 8.06. The molecule has 3 atom stereocenters. The third-order valence-corrected chi connectivity index (χ3v) is 6.61. The molecule has 0 aromatic heterocycles. The summed E-state index contributed by atoms with van der Waals surface area (Å²) in [6, 6.07) is 0.103. The first-order valence-corrected chi connectivity index (χ1v) is 8.60. The van der Waals surface area contributed by atoms with Crippen molar-refractivity contribution in [1.29, 1.82) is 0 Å². The van der Waals surface area contributed by atoms with Gasteiger partial charge in [0.25, 0.3) is 0 Å². The fraction of sp³-hybridized carbons (Fsp3) is 1.00. The molecule has 1 aliphatic carbocycles. The van der Waals surface area contributed by atoms with Gasteiger partial charge in [0.15, 0.2) is 0 Å². The molecule has 1 aliphatic heterocycles. The van der Waals surface area contributed by atoms with Gasteiger partial charge in [0.05, 0.1) is 0 Å². The van der Waals surface area contributed by atoms with E-state index < -0.39 is 5.92 Å². The molecule has 0 bridgehead atoms. The van der Waals surface area contributed by atoms with Gasteiger partial charge in [-0.15, -0.1) is 0 Å². The summed E-state index contributed by atoms with van der Waals surface area (Å²) < 4.78 is 26.6. The van der Waals surface area contributed by atoms with Crippen molar-refractivity contribution in [3.05, 3.63) is 0 Å². The summed E-state index contributed by atoms with van der Waals surface area (Å²) in [5, 5.41) is 0.476. The Kier molecular flexibility index (Phi) is 5.01. The Morgan fingerprint density at radius 1 is 1.35 bits per heavy atom. The Morgan fingerprint density at radius 3 is 2.82 bits per heavy atom. The van der Waals surface area contributed by atoms with E-state index in [1.807, 2.05) is 23.5 Å². The van der Waals surface area contributed by atoms with Crippen molar-refractivity contribution in [3.8, 4) is 0 Å². The zero-order valence-corrected chi connectivity index (χ0v) is 11.7. The highest BCUT2D eigenvalue weighted by Gasteiger charge is 2.37. The van der Waals surface area contributed by atoms with Gasteiger partial charge in [0.1, 0.15) is 0 Å². The van der Waals surface area contributed by atoms with Crippen molar-refractivity contribution in [2.75, 3.05) is 17.3 Å². The third-order valence-electron chi connectivity index (χ3n) is 3.67. The van der Waals surface area contributed by atoms with Crippen LogP contribution >= 0.6 is 23.5 Å². The molecule has 1 heterocycles. The van der Waals surface area contributed by atoms with Gasteiger partial charge in [-0.05, 0) is 25.2 Å². The normalized spacial score (nSPS) is 35.5. The maximum absolute atomic E-state index is 13.3. The first-order valence-electron chi connectivity index (χ1n) is 6.39. The summed E-state index contributed by atoms with van der Waals surface area (Å²) in [4.78, 5) is 0. The second-order valence-corrected chi connectivity index (χ2v) is 7.70. The van der Waals surface area contributed by atoms with Crippen LogP contribution in [0.3, 0.4) is 0 Å². The van der Waals surface area contributed by atoms with Gasteiger partial charge in [-0.1, -0.05) is 0 Å². The predicted octanol–water partition coefficient (Wildman–Crippen LogP) is 3.38. The zero-order chi connectivity index (χ0) is 12.3. The molecule has 1 saturated carbocycles. The van der Waals surface area contributed by atoms with E-state index in [0.29, 0.717) is 11.7 Å². The Hall–Kier alpha value is 0.520. The maximum Gasteiger partial charge on any atom is 0.248 e. The minimum atomic E-state index is -2.43. The summed E-state index contributed by atoms with van der Waals surface area (Å²) in [7, 11) is 0. The first kappa shape index (κ1) is 13.9. The van der Waals surface area contributed by atoms with Gasteiger partial charge in [-0.3, -0.25) is 0 Å². The fourth-order valence-corrected chi connectivity index (χ4v) is 5.60. The third kappa shape index (κ3) is 4.28. The minimum absolute atomic E-state index is 0.0607. The number of nitrogens with two attached hydrogens (primary N) is 1. The second kappa shape index (κ2) is 6.11. The molecule has 0 aromatic carbocycles. The molecule has 5 heteroatoms. The van der Waals surface area contributed by atoms with E-state index in [9.17, 15) is 8.78 Å². The largest absolute Gasteiger partial charge is 0.327 e. The summed E-state index contributed by atoms with van der Waals surface area (Å²) in [5.74, 6) is 1.16. The lowest BCUT2D eigenvalue weighted by Gasteiger charge is -2.33. The topological polar surface area (TPSA) is 26.0 Å². The Balaban J connectivity index is 1.79. The maximum atomic E-state index is 13.3. The van der Waals surface area contributed by atoms with E-state index >= 15 is 0 Å². The molecule has 2 N–H and O–H groups in total. The molecular weight excluding hydrogens is 260 g/mol. The molecular formula is C12H21F2NS2. The van der Waals surface area contributed by atoms with E-state index in [2.05, 4.69) is 0 Å². The number of halogens is 2. The quantitative estimate of drug-likeness (QED) is 0.859. The lowest BCUT2D eigenvalue weighted by molar-refractivity contribution is -0.0542. The number of hydrogen-bond acceptors (Lipinski definition) is 3. The van der Waals surface area contributed by atoms with Gasteiger partial charge in [0, 0.05) is 41.4 Å². The van der Waals surface area contributed by atoms with Crippen LogP contribution in [0.1, 0.15) is 32.1 Å². The van der Waals surface area contributed by atoms with Gasteiger partial charge in [-0.2, -0.15) is 23.5 Å². The number of rotatable bonds is 3. The Morgan fingerprint density at radius 2 is 2.18 bits per heavy atom. The predicted molar refractivity (Wildman–Crippen MR) is 73.1 cm³/mol. The van der Waals surface area contributed by atoms with E-state index in [4.69, 9.17) is 5.73 Å². The van der Waals surface area contributed by atoms with Gasteiger partial charge >= 0.3 is 0 Å². The molecule has 100 valence electrons. The van der Waals surface area contributed by atoms with Crippen LogP contribution in [-0.4, -0.2) is 34.5 Å². The fourth-order valence-electron chi connectivity index (χ4n) is 2.77. The summed E-state index contributed by atoms with van der Waals surface area (Å²) in [6.07, 6.45) is 2.52. The number of thioether (sulfide) groups is 2. The molecule has 2 rings (SSSR count). The molecule has 3 unspecified atom stereocenters. The lowest BCUT2D eigenvalue weighted by Crippen LogP contribution is -2.39. The molecule has 0 spiro atoms. The molecule has 1 nitrogen and oxygen atoms in total. The van der Waals surface area contributed by atoms with Crippen LogP contribution in [0.15, 0.2) is 0 Å². The van der Waals surface area contributed by atoms with E-state index in [-0.39, 0.29) is 24.8 Å². The van der Waals surface area contributed by atoms with Gasteiger partial charge < -0.3 is 5.73 Å². The van der Waals surface area contributed by atoms with Crippen molar-refractivity contribution in [1.82, 2.24) is 0 Å². The second-order valence-electron chi connectivity index (χ2n) is 5.20. The lowest BCUT2D eigenvalue weighted by atomic mass is 9.82. The Bertz CT molecular complexity index is 245. The molecule has 2 aliphatic rings. The summed E-state index contributed by atoms with van der Waals surface area (Å²) in [5.41, 5.74) is 6.19. The van der Waals surface area contributed by atoms with Crippen molar-refractivity contribution < 1.29 is 8.78 Å². The van der Waals surface area contributed by atoms with Crippen molar-refractivity contribution in [3.63, 3.8) is 0 Å². The standard InChI is InChI=1S/C12H21F2NS2/c13-12(14)3-1-2-9(7-12)6-10(15)11-8-16-4-5-17-11/h9-11H,1-8,15H2. The molecule has 0 aromatic rings. The molecule has 2 fully saturated rings. The van der Waals surface area contributed by atoms with E-state index in [0.717, 1.165) is 24.3 Å². The highest BCUT2D eigenvalue weighted by atomic mass is 32.2. The van der Waals surface area contributed by atoms with Crippen LogP contribution in [0.2, 0.25) is 0 Å². The van der Waals surface area contributed by atoms with Crippen LogP contribution in [0.25, 0.3) is 0 Å². The number of hydrogen-bond donors (Lipinski definition) is 1. The monoisotopic (exact) mass is 281 g/mol. The van der Waals surface area contributed by atoms with Gasteiger partial charge in [-0.25, -0.2) is 8.78 Å². The summed E-state index contributed by atoms with van der Waals surface area (Å²) >= 11 is 3.87. The van der Waals surface area contributed by atoms with Crippen molar-refractivity contribution in [2.45, 2.75) is 49.3 Å². The zero-order valence-electron chi connectivity index (χ0n) is 10.0. The van der Waals surface area contributed by atoms with Crippen LogP contribution in [-0.2, 0) is 0 Å². The molecule has 1 saturated heterocycles. The molecule has 0 radical (unpaired) electrons. The van der Waals surface area contributed by atoms with Crippen LogP contribution in [0.4, 0.5) is 8.78 Å². The smallest absolute Gasteiger partial charge is 0.248 e. The van der Waals surface area contributed by atoms with E-state index in [1.165, 1.54) is 5.75 Å². The van der Waals surface area contributed by atoms with Crippen LogP contribution < -0.4 is 5.73 Å². The van der Waals surface area contributed by atoms with Gasteiger partial charge in [0.2, 0.25) is 5.92 Å². The van der Waals surface area contributed by atoms with Crippen molar-refractivity contribution >= 4 is 23.5 Å². The highest BCUT2D eigenvalue weighted by Crippen LogP contribution is 2.39. The molecule has 0 amide bonds. The average molecular weight is 281 g/mol. The average Bonchev–Trinajstić information content (AvgIpc) is 2.29.